The number of benzene rings is 2. The summed E-state index contributed by atoms with van der Waals surface area (Å²) in [5, 5.41) is 10.4. The summed E-state index contributed by atoms with van der Waals surface area (Å²) in [7, 11) is 0. The normalized spacial score (nSPS) is 23.0. The van der Waals surface area contributed by atoms with Crippen molar-refractivity contribution in [2.45, 2.75) is 25.0 Å². The van der Waals surface area contributed by atoms with Crippen molar-refractivity contribution in [1.29, 1.82) is 0 Å². The Bertz CT molecular complexity index is 698. The van der Waals surface area contributed by atoms with Gasteiger partial charge in [-0.25, -0.2) is 0 Å². The van der Waals surface area contributed by atoms with Crippen molar-refractivity contribution in [2.24, 2.45) is 0 Å². The number of ether oxygens (including phenoxy) is 2. The summed E-state index contributed by atoms with van der Waals surface area (Å²) in [5.74, 6) is 1.73. The van der Waals surface area contributed by atoms with E-state index in [1.165, 1.54) is 5.56 Å². The molecule has 2 aromatic carbocycles. The second-order valence-corrected chi connectivity index (χ2v) is 6.42. The zero-order chi connectivity index (χ0) is 14.4. The van der Waals surface area contributed by atoms with E-state index in [-0.39, 0.29) is 6.10 Å². The lowest BCUT2D eigenvalue weighted by atomic mass is 9.94. The Labute approximate surface area is 131 Å². The highest BCUT2D eigenvalue weighted by atomic mass is 79.9. The third-order valence-corrected chi connectivity index (χ3v) is 4.62. The molecule has 0 amide bonds. The third kappa shape index (κ3) is 2.32. The molecule has 0 radical (unpaired) electrons. The smallest absolute Gasteiger partial charge is 0.127 e. The van der Waals surface area contributed by atoms with Crippen LogP contribution >= 0.6 is 15.9 Å². The van der Waals surface area contributed by atoms with E-state index in [1.807, 2.05) is 30.3 Å². The molecule has 1 N–H and O–H groups in total. The van der Waals surface area contributed by atoms with Crippen LogP contribution in [0.1, 0.15) is 35.3 Å². The lowest BCUT2D eigenvalue weighted by Crippen LogP contribution is -2.19. The minimum Gasteiger partial charge on any atom is -0.493 e. The van der Waals surface area contributed by atoms with Gasteiger partial charge < -0.3 is 14.6 Å². The SMILES string of the molecule is OC1CC(c2ccc3c(c2)CCO3)Oc2ccc(Br)cc21. The monoisotopic (exact) mass is 346 g/mol. The number of hydrogen-bond acceptors (Lipinski definition) is 3. The molecule has 2 aliphatic heterocycles. The van der Waals surface area contributed by atoms with Crippen LogP contribution in [0, 0.1) is 0 Å². The molecule has 3 nitrogen and oxygen atoms in total. The zero-order valence-electron chi connectivity index (χ0n) is 11.4. The van der Waals surface area contributed by atoms with Crippen molar-refractivity contribution in [3.63, 3.8) is 0 Å². The molecule has 0 aliphatic carbocycles. The van der Waals surface area contributed by atoms with Crippen LogP contribution in [-0.4, -0.2) is 11.7 Å². The van der Waals surface area contributed by atoms with Crippen LogP contribution in [0.3, 0.4) is 0 Å². The number of hydrogen-bond donors (Lipinski definition) is 1. The number of aliphatic hydroxyl groups is 1. The van der Waals surface area contributed by atoms with Gasteiger partial charge in [-0.3, -0.25) is 0 Å². The molecule has 0 bridgehead atoms. The van der Waals surface area contributed by atoms with Gasteiger partial charge in [0.1, 0.15) is 17.6 Å². The van der Waals surface area contributed by atoms with Crippen molar-refractivity contribution in [2.75, 3.05) is 6.61 Å². The predicted molar refractivity (Wildman–Crippen MR) is 82.7 cm³/mol. The minimum absolute atomic E-state index is 0.112. The molecular formula is C17H15BrO3. The Morgan fingerprint density at radius 1 is 1.10 bits per heavy atom. The molecule has 21 heavy (non-hydrogen) atoms. The summed E-state index contributed by atoms with van der Waals surface area (Å²) in [6, 6.07) is 11.9. The van der Waals surface area contributed by atoms with E-state index in [9.17, 15) is 5.11 Å². The maximum Gasteiger partial charge on any atom is 0.127 e. The molecule has 0 fully saturated rings. The lowest BCUT2D eigenvalue weighted by Gasteiger charge is -2.30. The van der Waals surface area contributed by atoms with E-state index in [2.05, 4.69) is 22.0 Å². The molecule has 0 saturated carbocycles. The second-order valence-electron chi connectivity index (χ2n) is 5.51. The molecule has 2 aromatic rings. The Morgan fingerprint density at radius 3 is 2.86 bits per heavy atom. The first-order chi connectivity index (χ1) is 10.2. The summed E-state index contributed by atoms with van der Waals surface area (Å²) in [6.07, 6.45) is 0.908. The van der Waals surface area contributed by atoms with Crippen LogP contribution in [0.25, 0.3) is 0 Å². The van der Waals surface area contributed by atoms with E-state index >= 15 is 0 Å². The summed E-state index contributed by atoms with van der Waals surface area (Å²) in [4.78, 5) is 0. The van der Waals surface area contributed by atoms with Crippen LogP contribution < -0.4 is 9.47 Å². The van der Waals surface area contributed by atoms with Crippen LogP contribution in [0.15, 0.2) is 40.9 Å². The summed E-state index contributed by atoms with van der Waals surface area (Å²) in [5.41, 5.74) is 3.18. The molecular weight excluding hydrogens is 332 g/mol. The largest absolute Gasteiger partial charge is 0.493 e. The Hall–Kier alpha value is -1.52. The molecule has 2 unspecified atom stereocenters. The molecule has 4 heteroatoms. The molecule has 0 saturated heterocycles. The lowest BCUT2D eigenvalue weighted by molar-refractivity contribution is 0.0656. The zero-order valence-corrected chi connectivity index (χ0v) is 13.0. The van der Waals surface area contributed by atoms with Gasteiger partial charge in [0.15, 0.2) is 0 Å². The number of aliphatic hydroxyl groups excluding tert-OH is 1. The summed E-state index contributed by atoms with van der Waals surface area (Å²) >= 11 is 3.43. The Morgan fingerprint density at radius 2 is 1.95 bits per heavy atom. The van der Waals surface area contributed by atoms with E-state index in [0.29, 0.717) is 6.42 Å². The quantitative estimate of drug-likeness (QED) is 0.849. The van der Waals surface area contributed by atoms with Crippen molar-refractivity contribution in [1.82, 2.24) is 0 Å². The van der Waals surface area contributed by atoms with Crippen molar-refractivity contribution in [3.8, 4) is 11.5 Å². The Kier molecular flexibility index (Phi) is 3.16. The fraction of sp³-hybridized carbons (Fsp3) is 0.294. The molecule has 2 atom stereocenters. The molecule has 4 rings (SSSR count). The predicted octanol–water partition coefficient (Wildman–Crippen LogP) is 3.94. The number of fused-ring (bicyclic) bond motifs is 2. The first kappa shape index (κ1) is 13.2. The van der Waals surface area contributed by atoms with Gasteiger partial charge >= 0.3 is 0 Å². The molecule has 0 aromatic heterocycles. The van der Waals surface area contributed by atoms with Gasteiger partial charge in [0.25, 0.3) is 0 Å². The highest BCUT2D eigenvalue weighted by molar-refractivity contribution is 9.10. The first-order valence-corrected chi connectivity index (χ1v) is 7.90. The van der Waals surface area contributed by atoms with Crippen molar-refractivity contribution >= 4 is 15.9 Å². The van der Waals surface area contributed by atoms with Gasteiger partial charge in [-0.05, 0) is 41.5 Å². The van der Waals surface area contributed by atoms with Gasteiger partial charge in [-0.1, -0.05) is 22.0 Å². The Balaban J connectivity index is 1.67. The van der Waals surface area contributed by atoms with E-state index in [4.69, 9.17) is 9.47 Å². The van der Waals surface area contributed by atoms with Gasteiger partial charge in [-0.2, -0.15) is 0 Å². The molecule has 2 aliphatic rings. The first-order valence-electron chi connectivity index (χ1n) is 7.10. The maximum atomic E-state index is 10.4. The van der Waals surface area contributed by atoms with Gasteiger partial charge in [-0.15, -0.1) is 0 Å². The topological polar surface area (TPSA) is 38.7 Å². The number of rotatable bonds is 1. The van der Waals surface area contributed by atoms with E-state index in [0.717, 1.165) is 40.1 Å². The summed E-state index contributed by atoms with van der Waals surface area (Å²) in [6.45, 7) is 0.754. The van der Waals surface area contributed by atoms with Gasteiger partial charge in [0.05, 0.1) is 12.7 Å². The highest BCUT2D eigenvalue weighted by Crippen LogP contribution is 2.42. The number of halogens is 1. The molecule has 108 valence electrons. The highest BCUT2D eigenvalue weighted by Gasteiger charge is 2.29. The summed E-state index contributed by atoms with van der Waals surface area (Å²) < 4.78 is 12.6. The fourth-order valence-corrected chi connectivity index (χ4v) is 3.41. The average molecular weight is 347 g/mol. The fourth-order valence-electron chi connectivity index (χ4n) is 3.03. The van der Waals surface area contributed by atoms with Crippen LogP contribution in [0.4, 0.5) is 0 Å². The molecule has 2 heterocycles. The van der Waals surface area contributed by atoms with Gasteiger partial charge in [0.2, 0.25) is 0 Å². The van der Waals surface area contributed by atoms with Crippen LogP contribution in [-0.2, 0) is 6.42 Å². The molecule has 0 spiro atoms. The minimum atomic E-state index is -0.499. The standard InChI is InChI=1S/C17H15BrO3/c18-12-2-4-16-13(8-12)14(19)9-17(21-16)10-1-3-15-11(7-10)5-6-20-15/h1-4,7-8,14,17,19H,5-6,9H2. The van der Waals surface area contributed by atoms with Crippen LogP contribution in [0.2, 0.25) is 0 Å². The maximum absolute atomic E-state index is 10.4. The van der Waals surface area contributed by atoms with Crippen LogP contribution in [0.5, 0.6) is 11.5 Å². The van der Waals surface area contributed by atoms with Crippen molar-refractivity contribution < 1.29 is 14.6 Å². The average Bonchev–Trinajstić information content (AvgIpc) is 2.95. The second kappa shape index (κ2) is 5.04. The third-order valence-electron chi connectivity index (χ3n) is 4.12. The van der Waals surface area contributed by atoms with E-state index in [1.54, 1.807) is 0 Å². The van der Waals surface area contributed by atoms with E-state index < -0.39 is 6.10 Å². The van der Waals surface area contributed by atoms with Gasteiger partial charge in [0, 0.05) is 22.9 Å². The van der Waals surface area contributed by atoms with Crippen molar-refractivity contribution in [3.05, 3.63) is 57.6 Å².